The molecule has 0 aromatic carbocycles. The minimum Gasteiger partial charge on any atom is -0.383 e. The van der Waals surface area contributed by atoms with E-state index in [0.29, 0.717) is 13.2 Å². The predicted molar refractivity (Wildman–Crippen MR) is 73.8 cm³/mol. The molecule has 0 saturated heterocycles. The van der Waals surface area contributed by atoms with Crippen molar-refractivity contribution in [3.05, 3.63) is 17.5 Å². The van der Waals surface area contributed by atoms with E-state index in [9.17, 15) is 4.79 Å². The van der Waals surface area contributed by atoms with Crippen molar-refractivity contribution in [3.8, 4) is 0 Å². The summed E-state index contributed by atoms with van der Waals surface area (Å²) in [6.07, 6.45) is 1.97. The lowest BCUT2D eigenvalue weighted by Crippen LogP contribution is -2.44. The Morgan fingerprint density at radius 2 is 2.21 bits per heavy atom. The van der Waals surface area contributed by atoms with E-state index in [1.807, 2.05) is 34.0 Å². The lowest BCUT2D eigenvalue weighted by atomic mass is 10.1. The second kappa shape index (κ2) is 7.25. The molecule has 0 aliphatic heterocycles. The van der Waals surface area contributed by atoms with Crippen LogP contribution < -0.4 is 10.6 Å². The molecule has 1 amide bonds. The molecule has 0 radical (unpaired) electrons. The Kier molecular flexibility index (Phi) is 5.98. The molecule has 6 nitrogen and oxygen atoms in total. The van der Waals surface area contributed by atoms with Crippen LogP contribution in [0.5, 0.6) is 0 Å². The summed E-state index contributed by atoms with van der Waals surface area (Å²) in [7, 11) is 3.51. The maximum Gasteiger partial charge on any atom is 0.236 e. The van der Waals surface area contributed by atoms with Crippen molar-refractivity contribution in [1.29, 1.82) is 0 Å². The largest absolute Gasteiger partial charge is 0.383 e. The summed E-state index contributed by atoms with van der Waals surface area (Å²) in [5.74, 6) is -0.0227. The van der Waals surface area contributed by atoms with E-state index in [1.165, 1.54) is 0 Å². The average molecular weight is 268 g/mol. The summed E-state index contributed by atoms with van der Waals surface area (Å²) in [6.45, 7) is 6.90. The molecule has 0 bridgehead atoms. The zero-order valence-corrected chi connectivity index (χ0v) is 12.4. The molecule has 19 heavy (non-hydrogen) atoms. The van der Waals surface area contributed by atoms with Crippen LogP contribution >= 0.6 is 0 Å². The third-order valence-corrected chi connectivity index (χ3v) is 3.02. The smallest absolute Gasteiger partial charge is 0.236 e. The van der Waals surface area contributed by atoms with E-state index < -0.39 is 0 Å². The number of amides is 1. The van der Waals surface area contributed by atoms with Crippen LogP contribution in [0.4, 0.5) is 0 Å². The van der Waals surface area contributed by atoms with E-state index in [-0.39, 0.29) is 18.0 Å². The molecule has 0 aliphatic carbocycles. The molecule has 0 saturated carbocycles. The number of carbonyl (C=O) groups is 1. The van der Waals surface area contributed by atoms with Gasteiger partial charge >= 0.3 is 0 Å². The van der Waals surface area contributed by atoms with Gasteiger partial charge in [-0.1, -0.05) is 0 Å². The van der Waals surface area contributed by atoms with Crippen LogP contribution in [0.25, 0.3) is 0 Å². The monoisotopic (exact) mass is 268 g/mol. The zero-order chi connectivity index (χ0) is 14.4. The normalized spacial score (nSPS) is 14.2. The Labute approximate surface area is 114 Å². The molecule has 2 N–H and O–H groups in total. The molecule has 2 atom stereocenters. The first-order valence-electron chi connectivity index (χ1n) is 6.48. The van der Waals surface area contributed by atoms with Gasteiger partial charge in [0.1, 0.15) is 0 Å². The fraction of sp³-hybridized carbons (Fsp3) is 0.692. The minimum atomic E-state index is -0.258. The molecule has 0 spiro atoms. The van der Waals surface area contributed by atoms with Gasteiger partial charge in [0.05, 0.1) is 18.3 Å². The lowest BCUT2D eigenvalue weighted by molar-refractivity contribution is -0.123. The number of methoxy groups -OCH3 is 1. The van der Waals surface area contributed by atoms with Crippen molar-refractivity contribution in [1.82, 2.24) is 20.4 Å². The molecule has 6 heteroatoms. The average Bonchev–Trinajstić information content (AvgIpc) is 2.68. The maximum absolute atomic E-state index is 11.8. The first-order chi connectivity index (χ1) is 8.95. The topological polar surface area (TPSA) is 68.2 Å². The van der Waals surface area contributed by atoms with Gasteiger partial charge in [-0.25, -0.2) is 0 Å². The second-order valence-electron chi connectivity index (χ2n) is 4.74. The summed E-state index contributed by atoms with van der Waals surface area (Å²) in [6, 6.07) is -0.177. The van der Waals surface area contributed by atoms with Crippen molar-refractivity contribution in [2.75, 3.05) is 20.3 Å². The number of ether oxygens (including phenoxy) is 1. The van der Waals surface area contributed by atoms with Crippen LogP contribution in [-0.4, -0.2) is 42.0 Å². The third kappa shape index (κ3) is 4.65. The summed E-state index contributed by atoms with van der Waals surface area (Å²) in [5.41, 5.74) is 2.09. The molecule has 0 aliphatic rings. The number of aryl methyl sites for hydroxylation is 2. The van der Waals surface area contributed by atoms with Gasteiger partial charge in [-0.05, 0) is 20.8 Å². The Bertz CT molecular complexity index is 417. The van der Waals surface area contributed by atoms with Crippen LogP contribution in [0.1, 0.15) is 31.1 Å². The number of hydrogen-bond acceptors (Lipinski definition) is 4. The minimum absolute atomic E-state index is 0.0227. The number of aromatic nitrogens is 2. The van der Waals surface area contributed by atoms with E-state index in [4.69, 9.17) is 4.74 Å². The van der Waals surface area contributed by atoms with Gasteiger partial charge in [-0.2, -0.15) is 5.10 Å². The summed E-state index contributed by atoms with van der Waals surface area (Å²) in [5, 5.41) is 10.4. The summed E-state index contributed by atoms with van der Waals surface area (Å²) in [4.78, 5) is 11.8. The Morgan fingerprint density at radius 3 is 2.74 bits per heavy atom. The van der Waals surface area contributed by atoms with Crippen LogP contribution in [-0.2, 0) is 16.6 Å². The molecule has 1 heterocycles. The highest BCUT2D eigenvalue weighted by molar-refractivity contribution is 5.81. The fourth-order valence-corrected chi connectivity index (χ4v) is 2.01. The second-order valence-corrected chi connectivity index (χ2v) is 4.74. The summed E-state index contributed by atoms with van der Waals surface area (Å²) >= 11 is 0. The number of nitrogens with zero attached hydrogens (tertiary/aromatic N) is 2. The highest BCUT2D eigenvalue weighted by Crippen LogP contribution is 2.15. The highest BCUT2D eigenvalue weighted by Gasteiger charge is 2.18. The van der Waals surface area contributed by atoms with Crippen molar-refractivity contribution >= 4 is 5.91 Å². The molecule has 2 unspecified atom stereocenters. The van der Waals surface area contributed by atoms with E-state index >= 15 is 0 Å². The van der Waals surface area contributed by atoms with Crippen LogP contribution in [0.15, 0.2) is 6.20 Å². The van der Waals surface area contributed by atoms with Crippen LogP contribution in [0, 0.1) is 6.92 Å². The van der Waals surface area contributed by atoms with Crippen molar-refractivity contribution < 1.29 is 9.53 Å². The Hall–Kier alpha value is -1.40. The third-order valence-electron chi connectivity index (χ3n) is 3.02. The number of carbonyl (C=O) groups excluding carboxylic acids is 1. The zero-order valence-electron chi connectivity index (χ0n) is 12.4. The molecule has 1 rings (SSSR count). The molecule has 0 fully saturated rings. The number of rotatable bonds is 7. The van der Waals surface area contributed by atoms with Crippen molar-refractivity contribution in [2.45, 2.75) is 32.9 Å². The summed E-state index contributed by atoms with van der Waals surface area (Å²) < 4.78 is 6.68. The van der Waals surface area contributed by atoms with Crippen LogP contribution in [0.2, 0.25) is 0 Å². The van der Waals surface area contributed by atoms with Gasteiger partial charge in [-0.15, -0.1) is 0 Å². The lowest BCUT2D eigenvalue weighted by Gasteiger charge is -2.19. The van der Waals surface area contributed by atoms with Gasteiger partial charge < -0.3 is 10.1 Å². The first kappa shape index (κ1) is 15.7. The van der Waals surface area contributed by atoms with Gasteiger partial charge in [0.25, 0.3) is 0 Å². The van der Waals surface area contributed by atoms with Crippen LogP contribution in [0.3, 0.4) is 0 Å². The van der Waals surface area contributed by atoms with E-state index in [2.05, 4.69) is 15.7 Å². The molecule has 1 aromatic heterocycles. The Balaban J connectivity index is 2.49. The molecule has 108 valence electrons. The number of nitrogens with one attached hydrogen (secondary N) is 2. The fourth-order valence-electron chi connectivity index (χ4n) is 2.01. The van der Waals surface area contributed by atoms with Crippen molar-refractivity contribution in [3.63, 3.8) is 0 Å². The molecule has 1 aromatic rings. The van der Waals surface area contributed by atoms with Gasteiger partial charge in [-0.3, -0.25) is 14.8 Å². The van der Waals surface area contributed by atoms with E-state index in [0.717, 1.165) is 11.3 Å². The standard InChI is InChI=1S/C13H24N4O2/c1-9(12-8-17(4)16-10(12)2)15-11(3)13(18)14-6-7-19-5/h8-9,11,15H,6-7H2,1-5H3,(H,14,18). The van der Waals surface area contributed by atoms with Gasteiger partial charge in [0.2, 0.25) is 5.91 Å². The SMILES string of the molecule is COCCNC(=O)C(C)NC(C)c1cn(C)nc1C. The highest BCUT2D eigenvalue weighted by atomic mass is 16.5. The van der Waals surface area contributed by atoms with Crippen molar-refractivity contribution in [2.24, 2.45) is 7.05 Å². The number of hydrogen-bond donors (Lipinski definition) is 2. The maximum atomic E-state index is 11.8. The van der Waals surface area contributed by atoms with Gasteiger partial charge in [0, 0.05) is 38.5 Å². The molecular formula is C13H24N4O2. The van der Waals surface area contributed by atoms with Gasteiger partial charge in [0.15, 0.2) is 0 Å². The molecular weight excluding hydrogens is 244 g/mol. The predicted octanol–water partition coefficient (Wildman–Crippen LogP) is 0.530. The Morgan fingerprint density at radius 1 is 1.53 bits per heavy atom. The quantitative estimate of drug-likeness (QED) is 0.708. The first-order valence-corrected chi connectivity index (χ1v) is 6.48. The van der Waals surface area contributed by atoms with E-state index in [1.54, 1.807) is 11.8 Å².